The third-order valence-corrected chi connectivity index (χ3v) is 5.56. The molecule has 2 rings (SSSR count). The van der Waals surface area contributed by atoms with Gasteiger partial charge in [0.05, 0.1) is 5.75 Å². The number of carbonyl (C=O) groups excluding carboxylic acids is 2. The molecule has 1 aromatic rings. The molecule has 1 aromatic carbocycles. The van der Waals surface area contributed by atoms with Crippen LogP contribution in [-0.4, -0.2) is 30.3 Å². The summed E-state index contributed by atoms with van der Waals surface area (Å²) < 4.78 is 5.24. The van der Waals surface area contributed by atoms with Crippen molar-refractivity contribution in [1.82, 2.24) is 5.32 Å². The first-order chi connectivity index (χ1) is 11.6. The maximum absolute atomic E-state index is 12.1. The molecule has 1 N–H and O–H groups in total. The van der Waals surface area contributed by atoms with Gasteiger partial charge in [0, 0.05) is 11.4 Å². The van der Waals surface area contributed by atoms with Crippen LogP contribution in [0.1, 0.15) is 44.6 Å². The zero-order valence-corrected chi connectivity index (χ0v) is 15.4. The van der Waals surface area contributed by atoms with E-state index in [9.17, 15) is 9.59 Å². The Morgan fingerprint density at radius 2 is 1.96 bits per heavy atom. The number of hydrogen-bond acceptors (Lipinski definition) is 4. The van der Waals surface area contributed by atoms with Crippen molar-refractivity contribution < 1.29 is 14.3 Å². The van der Waals surface area contributed by atoms with Crippen molar-refractivity contribution in [3.8, 4) is 0 Å². The largest absolute Gasteiger partial charge is 0.452 e. The maximum atomic E-state index is 12.1. The van der Waals surface area contributed by atoms with Gasteiger partial charge in [-0.1, -0.05) is 37.5 Å². The second kappa shape index (κ2) is 9.72. The Hall–Kier alpha value is -1.49. The molecule has 0 spiro atoms. The molecule has 1 amide bonds. The number of nitrogens with one attached hydrogen (secondary N) is 1. The smallest absolute Gasteiger partial charge is 0.317 e. The van der Waals surface area contributed by atoms with Crippen molar-refractivity contribution in [2.45, 2.75) is 57.0 Å². The zero-order chi connectivity index (χ0) is 17.4. The highest BCUT2D eigenvalue weighted by molar-refractivity contribution is 8.00. The molecule has 1 unspecified atom stereocenters. The lowest BCUT2D eigenvalue weighted by atomic mass is 9.89. The number of esters is 1. The summed E-state index contributed by atoms with van der Waals surface area (Å²) in [7, 11) is 0. The summed E-state index contributed by atoms with van der Waals surface area (Å²) in [5.41, 5.74) is 1.13. The van der Waals surface area contributed by atoms with Gasteiger partial charge >= 0.3 is 5.97 Å². The fourth-order valence-corrected chi connectivity index (χ4v) is 3.73. The minimum Gasteiger partial charge on any atom is -0.452 e. The molecule has 1 atom stereocenters. The van der Waals surface area contributed by atoms with Gasteiger partial charge in [-0.25, -0.2) is 0 Å². The van der Waals surface area contributed by atoms with Crippen LogP contribution in [0.3, 0.4) is 0 Å². The van der Waals surface area contributed by atoms with E-state index in [0.717, 1.165) is 10.5 Å². The van der Waals surface area contributed by atoms with E-state index in [4.69, 9.17) is 4.74 Å². The molecule has 1 aliphatic rings. The van der Waals surface area contributed by atoms with E-state index in [0.29, 0.717) is 12.5 Å². The maximum Gasteiger partial charge on any atom is 0.317 e. The van der Waals surface area contributed by atoms with Crippen molar-refractivity contribution in [2.24, 2.45) is 5.92 Å². The molecule has 0 bridgehead atoms. The summed E-state index contributed by atoms with van der Waals surface area (Å²) in [6, 6.07) is 7.90. The minimum atomic E-state index is -0.737. The number of benzene rings is 1. The Morgan fingerprint density at radius 3 is 2.67 bits per heavy atom. The molecule has 24 heavy (non-hydrogen) atoms. The standard InChI is InChI=1S/C19H27NO3S/c1-14-8-6-7-11-17(14)24-13-18(21)23-15(2)19(22)20-12-16-9-4-3-5-10-16/h6-8,11,15-16H,3-5,9-10,12-13H2,1-2H3,(H,20,22). The van der Waals surface area contributed by atoms with Crippen molar-refractivity contribution in [3.63, 3.8) is 0 Å². The minimum absolute atomic E-state index is 0.199. The summed E-state index contributed by atoms with van der Waals surface area (Å²) in [6.07, 6.45) is 5.43. The van der Waals surface area contributed by atoms with Crippen molar-refractivity contribution in [3.05, 3.63) is 29.8 Å². The normalized spacial score (nSPS) is 16.4. The highest BCUT2D eigenvalue weighted by Gasteiger charge is 2.20. The summed E-state index contributed by atoms with van der Waals surface area (Å²) in [4.78, 5) is 25.0. The zero-order valence-electron chi connectivity index (χ0n) is 14.5. The second-order valence-corrected chi connectivity index (χ2v) is 7.45. The highest BCUT2D eigenvalue weighted by Crippen LogP contribution is 2.23. The molecule has 1 fully saturated rings. The lowest BCUT2D eigenvalue weighted by Gasteiger charge is -2.22. The molecule has 1 aliphatic carbocycles. The lowest BCUT2D eigenvalue weighted by molar-refractivity contribution is -0.152. The molecule has 4 nitrogen and oxygen atoms in total. The fourth-order valence-electron chi connectivity index (χ4n) is 2.92. The van der Waals surface area contributed by atoms with Gasteiger partial charge in [0.1, 0.15) is 0 Å². The molecular formula is C19H27NO3S. The van der Waals surface area contributed by atoms with Crippen LogP contribution in [0.25, 0.3) is 0 Å². The Bertz CT molecular complexity index is 555. The van der Waals surface area contributed by atoms with Crippen molar-refractivity contribution >= 4 is 23.6 Å². The van der Waals surface area contributed by atoms with Gasteiger partial charge in [0.2, 0.25) is 0 Å². The number of carbonyl (C=O) groups is 2. The molecule has 1 saturated carbocycles. The predicted molar refractivity (Wildman–Crippen MR) is 97.0 cm³/mol. The molecule has 0 heterocycles. The first-order valence-electron chi connectivity index (χ1n) is 8.72. The Kier molecular flexibility index (Phi) is 7.63. The number of hydrogen-bond donors (Lipinski definition) is 1. The molecule has 5 heteroatoms. The second-order valence-electron chi connectivity index (χ2n) is 6.44. The van der Waals surface area contributed by atoms with Gasteiger partial charge < -0.3 is 10.1 Å². The summed E-state index contributed by atoms with van der Waals surface area (Å²) in [6.45, 7) is 4.33. The number of aryl methyl sites for hydroxylation is 1. The molecule has 0 aromatic heterocycles. The number of rotatable bonds is 7. The van der Waals surface area contributed by atoms with Crippen molar-refractivity contribution in [1.29, 1.82) is 0 Å². The van der Waals surface area contributed by atoms with Crippen LogP contribution in [-0.2, 0) is 14.3 Å². The van der Waals surface area contributed by atoms with Gasteiger partial charge in [-0.15, -0.1) is 11.8 Å². The third kappa shape index (κ3) is 6.19. The molecular weight excluding hydrogens is 322 g/mol. The summed E-state index contributed by atoms with van der Waals surface area (Å²) in [5.74, 6) is 0.228. The average molecular weight is 349 g/mol. The number of thioether (sulfide) groups is 1. The van der Waals surface area contributed by atoms with E-state index < -0.39 is 6.10 Å². The van der Waals surface area contributed by atoms with E-state index in [1.54, 1.807) is 6.92 Å². The van der Waals surface area contributed by atoms with Gasteiger partial charge in [-0.05, 0) is 44.2 Å². The molecule has 0 radical (unpaired) electrons. The summed E-state index contributed by atoms with van der Waals surface area (Å²) >= 11 is 1.44. The lowest BCUT2D eigenvalue weighted by Crippen LogP contribution is -2.39. The van der Waals surface area contributed by atoms with E-state index >= 15 is 0 Å². The van der Waals surface area contributed by atoms with Crippen LogP contribution >= 0.6 is 11.8 Å². The topological polar surface area (TPSA) is 55.4 Å². The molecule has 0 aliphatic heterocycles. The fraction of sp³-hybridized carbons (Fsp3) is 0.579. The van der Waals surface area contributed by atoms with Crippen LogP contribution in [0.2, 0.25) is 0 Å². The summed E-state index contributed by atoms with van der Waals surface area (Å²) in [5, 5.41) is 2.92. The van der Waals surface area contributed by atoms with Crippen molar-refractivity contribution in [2.75, 3.05) is 12.3 Å². The van der Waals surface area contributed by atoms with Crippen LogP contribution in [0.5, 0.6) is 0 Å². The monoisotopic (exact) mass is 349 g/mol. The predicted octanol–water partition coefficient (Wildman–Crippen LogP) is 3.72. The van der Waals surface area contributed by atoms with Gasteiger partial charge in [0.15, 0.2) is 6.10 Å². The first kappa shape index (κ1) is 18.8. The van der Waals surface area contributed by atoms with Gasteiger partial charge in [-0.3, -0.25) is 9.59 Å². The molecule has 132 valence electrons. The van der Waals surface area contributed by atoms with E-state index in [-0.39, 0.29) is 17.6 Å². The highest BCUT2D eigenvalue weighted by atomic mass is 32.2. The van der Waals surface area contributed by atoms with Gasteiger partial charge in [0.25, 0.3) is 5.91 Å². The number of ether oxygens (including phenoxy) is 1. The van der Waals surface area contributed by atoms with Crippen LogP contribution in [0.4, 0.5) is 0 Å². The number of amides is 1. The molecule has 0 saturated heterocycles. The van der Waals surface area contributed by atoms with E-state index in [2.05, 4.69) is 5.32 Å². The van der Waals surface area contributed by atoms with E-state index in [1.807, 2.05) is 31.2 Å². The van der Waals surface area contributed by atoms with Crippen LogP contribution < -0.4 is 5.32 Å². The first-order valence-corrected chi connectivity index (χ1v) is 9.70. The average Bonchev–Trinajstić information content (AvgIpc) is 2.59. The quantitative estimate of drug-likeness (QED) is 0.602. The van der Waals surface area contributed by atoms with E-state index in [1.165, 1.54) is 43.9 Å². The Morgan fingerprint density at radius 1 is 1.25 bits per heavy atom. The Labute approximate surface area is 148 Å². The van der Waals surface area contributed by atoms with Gasteiger partial charge in [-0.2, -0.15) is 0 Å². The Balaban J connectivity index is 1.68. The van der Waals surface area contributed by atoms with Crippen LogP contribution in [0, 0.1) is 12.8 Å². The van der Waals surface area contributed by atoms with Crippen LogP contribution in [0.15, 0.2) is 29.2 Å². The SMILES string of the molecule is Cc1ccccc1SCC(=O)OC(C)C(=O)NCC1CCCCC1. The third-order valence-electron chi connectivity index (χ3n) is 4.41.